The molecule has 1 fully saturated rings. The zero-order chi connectivity index (χ0) is 19.6. The van der Waals surface area contributed by atoms with Gasteiger partial charge in [-0.3, -0.25) is 9.36 Å². The van der Waals surface area contributed by atoms with E-state index in [-0.39, 0.29) is 18.0 Å². The molecular weight excluding hydrogens is 340 g/mol. The van der Waals surface area contributed by atoms with Crippen molar-refractivity contribution in [3.8, 4) is 11.3 Å². The van der Waals surface area contributed by atoms with Gasteiger partial charge >= 0.3 is 6.03 Å². The third kappa shape index (κ3) is 4.04. The number of amides is 2. The van der Waals surface area contributed by atoms with E-state index in [1.54, 1.807) is 22.0 Å². The second-order valence-corrected chi connectivity index (χ2v) is 7.32. The standard InChI is InChI=1S/C21H28N4O2/c1-5-20(26)24-10-8-18(9-11-24)23(4)21(27)25-13-19(22-14-25)17-7-6-15(2)16(3)12-17/h6-7,12-14,18H,5,8-11H2,1-4H3. The summed E-state index contributed by atoms with van der Waals surface area (Å²) in [4.78, 5) is 32.7. The maximum Gasteiger partial charge on any atom is 0.329 e. The first-order valence-corrected chi connectivity index (χ1v) is 9.57. The Morgan fingerprint density at radius 1 is 1.19 bits per heavy atom. The number of rotatable bonds is 3. The predicted octanol–water partition coefficient (Wildman–Crippen LogP) is 3.47. The second kappa shape index (κ2) is 7.94. The van der Waals surface area contributed by atoms with Crippen LogP contribution in [0.2, 0.25) is 0 Å². The SMILES string of the molecule is CCC(=O)N1CCC(N(C)C(=O)n2cnc(-c3ccc(C)c(C)c3)c2)CC1. The van der Waals surface area contributed by atoms with Gasteiger partial charge in [0.1, 0.15) is 6.33 Å². The molecule has 0 atom stereocenters. The Bertz CT molecular complexity index is 834. The van der Waals surface area contributed by atoms with E-state index in [2.05, 4.69) is 31.0 Å². The van der Waals surface area contributed by atoms with E-state index in [0.717, 1.165) is 24.1 Å². The fourth-order valence-corrected chi connectivity index (χ4v) is 3.54. The van der Waals surface area contributed by atoms with Crippen LogP contribution in [-0.4, -0.2) is 57.5 Å². The summed E-state index contributed by atoms with van der Waals surface area (Å²) >= 11 is 0. The van der Waals surface area contributed by atoms with E-state index in [1.165, 1.54) is 11.1 Å². The molecule has 0 aliphatic carbocycles. The van der Waals surface area contributed by atoms with Crippen molar-refractivity contribution in [3.05, 3.63) is 41.9 Å². The number of carbonyl (C=O) groups is 2. The molecule has 6 nitrogen and oxygen atoms in total. The van der Waals surface area contributed by atoms with Gasteiger partial charge in [0, 0.05) is 44.4 Å². The van der Waals surface area contributed by atoms with E-state index in [1.807, 2.05) is 24.9 Å². The fourth-order valence-electron chi connectivity index (χ4n) is 3.54. The van der Waals surface area contributed by atoms with Gasteiger partial charge in [-0.15, -0.1) is 0 Å². The molecule has 1 aliphatic rings. The Morgan fingerprint density at radius 3 is 2.52 bits per heavy atom. The molecular formula is C21H28N4O2. The average molecular weight is 368 g/mol. The van der Waals surface area contributed by atoms with Gasteiger partial charge in [-0.2, -0.15) is 0 Å². The van der Waals surface area contributed by atoms with Crippen LogP contribution in [0.3, 0.4) is 0 Å². The maximum absolute atomic E-state index is 12.8. The highest BCUT2D eigenvalue weighted by Crippen LogP contribution is 2.21. The minimum atomic E-state index is -0.0853. The quantitative estimate of drug-likeness (QED) is 0.833. The van der Waals surface area contributed by atoms with E-state index in [0.29, 0.717) is 19.5 Å². The van der Waals surface area contributed by atoms with Crippen LogP contribution in [0.4, 0.5) is 4.79 Å². The molecule has 3 rings (SSSR count). The fraction of sp³-hybridized carbons (Fsp3) is 0.476. The van der Waals surface area contributed by atoms with Crippen LogP contribution in [0.15, 0.2) is 30.7 Å². The number of hydrogen-bond donors (Lipinski definition) is 0. The molecule has 1 saturated heterocycles. The van der Waals surface area contributed by atoms with Crippen molar-refractivity contribution in [1.29, 1.82) is 0 Å². The number of benzene rings is 1. The molecule has 0 radical (unpaired) electrons. The number of piperidine rings is 1. The number of hydrogen-bond acceptors (Lipinski definition) is 3. The van der Waals surface area contributed by atoms with Crippen LogP contribution in [0, 0.1) is 13.8 Å². The minimum Gasteiger partial charge on any atom is -0.343 e. The molecule has 1 aromatic heterocycles. The van der Waals surface area contributed by atoms with Gasteiger partial charge in [0.15, 0.2) is 0 Å². The zero-order valence-corrected chi connectivity index (χ0v) is 16.6. The highest BCUT2D eigenvalue weighted by molar-refractivity contribution is 5.78. The molecule has 27 heavy (non-hydrogen) atoms. The molecule has 2 amide bonds. The molecule has 6 heteroatoms. The normalized spacial score (nSPS) is 15.0. The molecule has 2 heterocycles. The molecule has 0 spiro atoms. The minimum absolute atomic E-state index is 0.0853. The lowest BCUT2D eigenvalue weighted by Crippen LogP contribution is -2.48. The first-order chi connectivity index (χ1) is 12.9. The molecule has 1 aromatic carbocycles. The zero-order valence-electron chi connectivity index (χ0n) is 16.6. The van der Waals surface area contributed by atoms with Gasteiger partial charge in [0.25, 0.3) is 0 Å². The van der Waals surface area contributed by atoms with E-state index in [4.69, 9.17) is 0 Å². The van der Waals surface area contributed by atoms with Crippen molar-refractivity contribution in [2.24, 2.45) is 0 Å². The van der Waals surface area contributed by atoms with Gasteiger partial charge < -0.3 is 9.80 Å². The van der Waals surface area contributed by atoms with Crippen LogP contribution < -0.4 is 0 Å². The van der Waals surface area contributed by atoms with E-state index in [9.17, 15) is 9.59 Å². The number of nitrogens with zero attached hydrogens (tertiary/aromatic N) is 4. The van der Waals surface area contributed by atoms with Gasteiger partial charge in [-0.25, -0.2) is 9.78 Å². The second-order valence-electron chi connectivity index (χ2n) is 7.32. The lowest BCUT2D eigenvalue weighted by atomic mass is 10.0. The highest BCUT2D eigenvalue weighted by atomic mass is 16.2. The summed E-state index contributed by atoms with van der Waals surface area (Å²) in [6, 6.07) is 6.26. The number of aromatic nitrogens is 2. The number of carbonyl (C=O) groups excluding carboxylic acids is 2. The smallest absolute Gasteiger partial charge is 0.329 e. The van der Waals surface area contributed by atoms with Gasteiger partial charge in [0.05, 0.1) is 5.69 Å². The van der Waals surface area contributed by atoms with Crippen LogP contribution in [0.5, 0.6) is 0 Å². The molecule has 2 aromatic rings. The Morgan fingerprint density at radius 2 is 1.89 bits per heavy atom. The van der Waals surface area contributed by atoms with Crippen molar-refractivity contribution in [3.63, 3.8) is 0 Å². The molecule has 0 unspecified atom stereocenters. The molecule has 1 aliphatic heterocycles. The summed E-state index contributed by atoms with van der Waals surface area (Å²) in [5, 5.41) is 0. The largest absolute Gasteiger partial charge is 0.343 e. The topological polar surface area (TPSA) is 58.4 Å². The number of aryl methyl sites for hydroxylation is 2. The first kappa shape index (κ1) is 19.1. The van der Waals surface area contributed by atoms with Crippen molar-refractivity contribution in [2.45, 2.75) is 46.1 Å². The first-order valence-electron chi connectivity index (χ1n) is 9.57. The summed E-state index contributed by atoms with van der Waals surface area (Å²) in [5.74, 6) is 0.190. The van der Waals surface area contributed by atoms with E-state index >= 15 is 0 Å². The highest BCUT2D eigenvalue weighted by Gasteiger charge is 2.27. The average Bonchev–Trinajstić information content (AvgIpc) is 3.18. The Balaban J connectivity index is 1.67. The van der Waals surface area contributed by atoms with Crippen molar-refractivity contribution in [1.82, 2.24) is 19.4 Å². The Labute approximate surface area is 160 Å². The van der Waals surface area contributed by atoms with Crippen molar-refractivity contribution >= 4 is 11.9 Å². The Hall–Kier alpha value is -2.63. The molecule has 144 valence electrons. The summed E-state index contributed by atoms with van der Waals surface area (Å²) < 4.78 is 1.55. The summed E-state index contributed by atoms with van der Waals surface area (Å²) in [7, 11) is 1.83. The monoisotopic (exact) mass is 368 g/mol. The van der Waals surface area contributed by atoms with Crippen molar-refractivity contribution in [2.75, 3.05) is 20.1 Å². The van der Waals surface area contributed by atoms with Crippen LogP contribution in [-0.2, 0) is 4.79 Å². The van der Waals surface area contributed by atoms with Gasteiger partial charge in [-0.1, -0.05) is 19.1 Å². The summed E-state index contributed by atoms with van der Waals surface area (Å²) in [5.41, 5.74) is 4.25. The van der Waals surface area contributed by atoms with Crippen LogP contribution in [0.1, 0.15) is 37.3 Å². The van der Waals surface area contributed by atoms with E-state index < -0.39 is 0 Å². The summed E-state index contributed by atoms with van der Waals surface area (Å²) in [6.45, 7) is 7.47. The third-order valence-corrected chi connectivity index (χ3v) is 5.58. The van der Waals surface area contributed by atoms with Crippen LogP contribution >= 0.6 is 0 Å². The lowest BCUT2D eigenvalue weighted by molar-refractivity contribution is -0.132. The number of imidazole rings is 1. The number of likely N-dealkylation sites (tertiary alicyclic amines) is 1. The third-order valence-electron chi connectivity index (χ3n) is 5.58. The molecule has 0 N–H and O–H groups in total. The predicted molar refractivity (Wildman–Crippen MR) is 106 cm³/mol. The Kier molecular flexibility index (Phi) is 5.63. The van der Waals surface area contributed by atoms with Gasteiger partial charge in [0.2, 0.25) is 5.91 Å². The molecule has 0 saturated carbocycles. The van der Waals surface area contributed by atoms with Crippen molar-refractivity contribution < 1.29 is 9.59 Å². The van der Waals surface area contributed by atoms with Gasteiger partial charge in [-0.05, 0) is 43.9 Å². The maximum atomic E-state index is 12.8. The molecule has 0 bridgehead atoms. The summed E-state index contributed by atoms with van der Waals surface area (Å²) in [6.07, 6.45) is 5.53. The lowest BCUT2D eigenvalue weighted by Gasteiger charge is -2.36. The van der Waals surface area contributed by atoms with Crippen LogP contribution in [0.25, 0.3) is 11.3 Å².